The lowest BCUT2D eigenvalue weighted by Crippen LogP contribution is -2.05. The van der Waals surface area contributed by atoms with E-state index in [2.05, 4.69) is 44.6 Å². The molecule has 2 nitrogen and oxygen atoms in total. The minimum Gasteiger partial charge on any atom is -0.376 e. The van der Waals surface area contributed by atoms with E-state index in [1.807, 2.05) is 12.1 Å². The van der Waals surface area contributed by atoms with Gasteiger partial charge in [-0.3, -0.25) is 0 Å². The summed E-state index contributed by atoms with van der Waals surface area (Å²) in [5.74, 6) is 0. The molecule has 16 heavy (non-hydrogen) atoms. The summed E-state index contributed by atoms with van der Waals surface area (Å²) in [6, 6.07) is 6.36. The highest BCUT2D eigenvalue weighted by atomic mass is 79.9. The van der Waals surface area contributed by atoms with Crippen molar-refractivity contribution in [1.82, 2.24) is 4.98 Å². The van der Waals surface area contributed by atoms with Crippen molar-refractivity contribution in [2.45, 2.75) is 13.0 Å². The second-order valence-corrected chi connectivity index (χ2v) is 5.57. The van der Waals surface area contributed by atoms with E-state index in [4.69, 9.17) is 11.6 Å². The number of halogens is 2. The summed E-state index contributed by atoms with van der Waals surface area (Å²) < 4.78 is 0.803. The van der Waals surface area contributed by atoms with Gasteiger partial charge < -0.3 is 5.32 Å². The van der Waals surface area contributed by atoms with Crippen LogP contribution in [0.2, 0.25) is 5.15 Å². The number of nitrogens with zero attached hydrogens (tertiary/aromatic N) is 1. The lowest BCUT2D eigenvalue weighted by atomic mass is 10.2. The Kier molecular flexibility index (Phi) is 3.84. The maximum Gasteiger partial charge on any atom is 0.143 e. The third-order valence-electron chi connectivity index (χ3n) is 2.15. The standard InChI is InChI=1S/C11H10BrClN2S/c1-7(10-3-2-4-16-10)15-8-5-9(12)11(13)14-6-8/h2-7,15H,1H3. The third kappa shape index (κ3) is 2.75. The molecular weight excluding hydrogens is 308 g/mol. The average molecular weight is 318 g/mol. The Morgan fingerprint density at radius 3 is 3.00 bits per heavy atom. The molecule has 2 rings (SSSR count). The van der Waals surface area contributed by atoms with Crippen LogP contribution in [0.15, 0.2) is 34.2 Å². The number of pyridine rings is 1. The molecule has 5 heteroatoms. The molecule has 0 spiro atoms. The highest BCUT2D eigenvalue weighted by molar-refractivity contribution is 9.10. The zero-order chi connectivity index (χ0) is 11.5. The van der Waals surface area contributed by atoms with Gasteiger partial charge in [0, 0.05) is 4.88 Å². The normalized spacial score (nSPS) is 12.4. The molecule has 1 N–H and O–H groups in total. The Morgan fingerprint density at radius 1 is 1.56 bits per heavy atom. The molecule has 0 aliphatic heterocycles. The topological polar surface area (TPSA) is 24.9 Å². The molecule has 0 radical (unpaired) electrons. The predicted octanol–water partition coefficient (Wildman–Crippen LogP) is 4.73. The van der Waals surface area contributed by atoms with Gasteiger partial charge in [0.25, 0.3) is 0 Å². The van der Waals surface area contributed by atoms with Crippen molar-refractivity contribution in [3.8, 4) is 0 Å². The summed E-state index contributed by atoms with van der Waals surface area (Å²) in [5, 5.41) is 5.93. The maximum absolute atomic E-state index is 5.83. The van der Waals surface area contributed by atoms with Crippen LogP contribution in [0.4, 0.5) is 5.69 Å². The van der Waals surface area contributed by atoms with E-state index in [1.54, 1.807) is 17.5 Å². The number of anilines is 1. The van der Waals surface area contributed by atoms with E-state index >= 15 is 0 Å². The van der Waals surface area contributed by atoms with Crippen LogP contribution in [0.1, 0.15) is 17.8 Å². The van der Waals surface area contributed by atoms with Crippen molar-refractivity contribution in [2.24, 2.45) is 0 Å². The number of aromatic nitrogens is 1. The van der Waals surface area contributed by atoms with Crippen LogP contribution < -0.4 is 5.32 Å². The summed E-state index contributed by atoms with van der Waals surface area (Å²) in [5.41, 5.74) is 0.956. The van der Waals surface area contributed by atoms with Crippen LogP contribution in [-0.2, 0) is 0 Å². The fraction of sp³-hybridized carbons (Fsp3) is 0.182. The molecule has 0 aromatic carbocycles. The molecule has 0 aliphatic carbocycles. The van der Waals surface area contributed by atoms with E-state index in [1.165, 1.54) is 4.88 Å². The molecule has 84 valence electrons. The monoisotopic (exact) mass is 316 g/mol. The van der Waals surface area contributed by atoms with Gasteiger partial charge in [-0.2, -0.15) is 0 Å². The van der Waals surface area contributed by atoms with Crippen molar-refractivity contribution in [2.75, 3.05) is 5.32 Å². The van der Waals surface area contributed by atoms with Crippen LogP contribution in [0, 0.1) is 0 Å². The van der Waals surface area contributed by atoms with Crippen molar-refractivity contribution < 1.29 is 0 Å². The van der Waals surface area contributed by atoms with E-state index in [-0.39, 0.29) is 6.04 Å². The van der Waals surface area contributed by atoms with Crippen LogP contribution in [0.5, 0.6) is 0 Å². The molecule has 0 aliphatic rings. The van der Waals surface area contributed by atoms with E-state index < -0.39 is 0 Å². The van der Waals surface area contributed by atoms with Gasteiger partial charge in [0.1, 0.15) is 5.15 Å². The van der Waals surface area contributed by atoms with Crippen LogP contribution in [0.25, 0.3) is 0 Å². The van der Waals surface area contributed by atoms with Crippen molar-refractivity contribution in [3.05, 3.63) is 44.3 Å². The highest BCUT2D eigenvalue weighted by Gasteiger charge is 2.07. The SMILES string of the molecule is CC(Nc1cnc(Cl)c(Br)c1)c1cccs1. The van der Waals surface area contributed by atoms with Gasteiger partial charge in [-0.25, -0.2) is 4.98 Å². The smallest absolute Gasteiger partial charge is 0.143 e. The Labute approximate surface area is 112 Å². The largest absolute Gasteiger partial charge is 0.376 e. The van der Waals surface area contributed by atoms with Gasteiger partial charge in [-0.05, 0) is 40.4 Å². The summed E-state index contributed by atoms with van der Waals surface area (Å²) >= 11 is 10.9. The summed E-state index contributed by atoms with van der Waals surface area (Å²) in [4.78, 5) is 5.37. The number of rotatable bonds is 3. The number of hydrogen-bond donors (Lipinski definition) is 1. The fourth-order valence-corrected chi connectivity index (χ4v) is 2.55. The zero-order valence-corrected chi connectivity index (χ0v) is 11.7. The molecular formula is C11H10BrClN2S. The number of nitrogens with one attached hydrogen (secondary N) is 1. The Hall–Kier alpha value is -0.580. The van der Waals surface area contributed by atoms with Gasteiger partial charge in [0.05, 0.1) is 22.4 Å². The third-order valence-corrected chi connectivity index (χ3v) is 4.34. The van der Waals surface area contributed by atoms with E-state index in [9.17, 15) is 0 Å². The second kappa shape index (κ2) is 5.17. The first-order chi connectivity index (χ1) is 7.66. The molecule has 2 aromatic rings. The van der Waals surface area contributed by atoms with Gasteiger partial charge in [0.15, 0.2) is 0 Å². The highest BCUT2D eigenvalue weighted by Crippen LogP contribution is 2.26. The van der Waals surface area contributed by atoms with Crippen LogP contribution in [-0.4, -0.2) is 4.98 Å². The quantitative estimate of drug-likeness (QED) is 0.828. The average Bonchev–Trinajstić information content (AvgIpc) is 2.77. The van der Waals surface area contributed by atoms with Crippen molar-refractivity contribution >= 4 is 44.6 Å². The number of hydrogen-bond acceptors (Lipinski definition) is 3. The molecule has 2 aromatic heterocycles. The predicted molar refractivity (Wildman–Crippen MR) is 73.3 cm³/mol. The van der Waals surface area contributed by atoms with Gasteiger partial charge >= 0.3 is 0 Å². The Morgan fingerprint density at radius 2 is 2.38 bits per heavy atom. The molecule has 0 saturated heterocycles. The van der Waals surface area contributed by atoms with Gasteiger partial charge in [-0.15, -0.1) is 11.3 Å². The van der Waals surface area contributed by atoms with Crippen molar-refractivity contribution in [1.29, 1.82) is 0 Å². The van der Waals surface area contributed by atoms with E-state index in [0.717, 1.165) is 10.2 Å². The molecule has 1 atom stereocenters. The summed E-state index contributed by atoms with van der Waals surface area (Å²) in [6.45, 7) is 2.12. The fourth-order valence-electron chi connectivity index (χ4n) is 1.36. The van der Waals surface area contributed by atoms with Crippen LogP contribution >= 0.6 is 38.9 Å². The first-order valence-corrected chi connectivity index (χ1v) is 6.83. The van der Waals surface area contributed by atoms with Crippen LogP contribution in [0.3, 0.4) is 0 Å². The van der Waals surface area contributed by atoms with Gasteiger partial charge in [0.2, 0.25) is 0 Å². The maximum atomic E-state index is 5.83. The van der Waals surface area contributed by atoms with E-state index in [0.29, 0.717) is 5.15 Å². The second-order valence-electron chi connectivity index (χ2n) is 3.38. The zero-order valence-electron chi connectivity index (χ0n) is 8.58. The van der Waals surface area contributed by atoms with Gasteiger partial charge in [-0.1, -0.05) is 17.7 Å². The Balaban J connectivity index is 2.12. The Bertz CT molecular complexity index is 473. The molecule has 1 unspecified atom stereocenters. The lowest BCUT2D eigenvalue weighted by Gasteiger charge is -2.13. The molecule has 0 bridgehead atoms. The lowest BCUT2D eigenvalue weighted by molar-refractivity contribution is 0.905. The summed E-state index contributed by atoms with van der Waals surface area (Å²) in [7, 11) is 0. The summed E-state index contributed by atoms with van der Waals surface area (Å²) in [6.07, 6.45) is 1.73. The molecule has 2 heterocycles. The minimum absolute atomic E-state index is 0.273. The molecule has 0 saturated carbocycles. The first-order valence-electron chi connectivity index (χ1n) is 4.78. The number of thiophene rings is 1. The molecule has 0 amide bonds. The minimum atomic E-state index is 0.273. The molecule has 0 fully saturated rings. The first kappa shape index (κ1) is 11.9. The van der Waals surface area contributed by atoms with Crippen molar-refractivity contribution in [3.63, 3.8) is 0 Å².